The number of aromatic hydroxyl groups is 1. The number of guanidine groups is 1. The maximum Gasteiger partial charge on any atom is 0.193 e. The molecule has 0 aliphatic carbocycles. The molecule has 5 nitrogen and oxygen atoms in total. The summed E-state index contributed by atoms with van der Waals surface area (Å²) in [6.07, 6.45) is 3.12. The molecule has 5 heteroatoms. The van der Waals surface area contributed by atoms with Crippen LogP contribution in [0.5, 0.6) is 5.75 Å². The van der Waals surface area contributed by atoms with Crippen molar-refractivity contribution in [1.82, 2.24) is 10.2 Å². The molecule has 1 heterocycles. The summed E-state index contributed by atoms with van der Waals surface area (Å²) in [5.74, 6) is 1.91. The fraction of sp³-hybridized carbons (Fsp3) is 0.611. The van der Waals surface area contributed by atoms with E-state index in [9.17, 15) is 5.11 Å². The van der Waals surface area contributed by atoms with E-state index in [1.54, 1.807) is 12.1 Å². The largest absolute Gasteiger partial charge is 0.508 e. The van der Waals surface area contributed by atoms with Gasteiger partial charge in [0.2, 0.25) is 0 Å². The number of phenols is 1. The van der Waals surface area contributed by atoms with E-state index in [-0.39, 0.29) is 0 Å². The van der Waals surface area contributed by atoms with E-state index in [2.05, 4.69) is 24.2 Å². The summed E-state index contributed by atoms with van der Waals surface area (Å²) in [4.78, 5) is 6.94. The van der Waals surface area contributed by atoms with Gasteiger partial charge in [0.25, 0.3) is 0 Å². The van der Waals surface area contributed by atoms with Crippen molar-refractivity contribution >= 4 is 5.96 Å². The molecule has 1 atom stereocenters. The first-order chi connectivity index (χ1) is 11.2. The first kappa shape index (κ1) is 17.6. The zero-order valence-corrected chi connectivity index (χ0v) is 14.3. The van der Waals surface area contributed by atoms with Crippen LogP contribution < -0.4 is 5.32 Å². The molecule has 1 aromatic rings. The zero-order chi connectivity index (χ0) is 16.5. The van der Waals surface area contributed by atoms with E-state index in [1.807, 2.05) is 12.1 Å². The van der Waals surface area contributed by atoms with Gasteiger partial charge in [-0.15, -0.1) is 0 Å². The molecule has 1 aliphatic rings. The Bertz CT molecular complexity index is 482. The lowest BCUT2D eigenvalue weighted by Crippen LogP contribution is -2.41. The van der Waals surface area contributed by atoms with E-state index in [0.29, 0.717) is 11.7 Å². The lowest BCUT2D eigenvalue weighted by Gasteiger charge is -2.24. The fourth-order valence-electron chi connectivity index (χ4n) is 2.80. The number of aryl methyl sites for hydroxylation is 1. The molecule has 2 rings (SSSR count). The highest BCUT2D eigenvalue weighted by atomic mass is 16.5. The van der Waals surface area contributed by atoms with Crippen molar-refractivity contribution in [3.63, 3.8) is 0 Å². The lowest BCUT2D eigenvalue weighted by atomic mass is 10.1. The third-order valence-electron chi connectivity index (χ3n) is 4.07. The van der Waals surface area contributed by atoms with Gasteiger partial charge < -0.3 is 20.1 Å². The minimum atomic E-state index is 0.318. The van der Waals surface area contributed by atoms with E-state index in [4.69, 9.17) is 9.73 Å². The Morgan fingerprint density at radius 3 is 2.83 bits per heavy atom. The van der Waals surface area contributed by atoms with Crippen molar-refractivity contribution < 1.29 is 9.84 Å². The van der Waals surface area contributed by atoms with Gasteiger partial charge in [0.1, 0.15) is 5.75 Å². The minimum absolute atomic E-state index is 0.318. The Morgan fingerprint density at radius 2 is 2.17 bits per heavy atom. The summed E-state index contributed by atoms with van der Waals surface area (Å²) < 4.78 is 5.45. The first-order valence-corrected chi connectivity index (χ1v) is 8.54. The third kappa shape index (κ3) is 6.10. The molecule has 0 amide bonds. The fourth-order valence-corrected chi connectivity index (χ4v) is 2.80. The highest BCUT2D eigenvalue weighted by Crippen LogP contribution is 2.13. The number of nitrogens with zero attached hydrogens (tertiary/aromatic N) is 2. The van der Waals surface area contributed by atoms with Gasteiger partial charge in [0.05, 0.1) is 6.61 Å². The topological polar surface area (TPSA) is 57.1 Å². The molecule has 0 aromatic heterocycles. The zero-order valence-electron chi connectivity index (χ0n) is 14.3. The average molecular weight is 319 g/mol. The van der Waals surface area contributed by atoms with Gasteiger partial charge in [-0.2, -0.15) is 0 Å². The van der Waals surface area contributed by atoms with Crippen molar-refractivity contribution in [2.24, 2.45) is 10.9 Å². The SMILES string of the molecule is CCNC(=NCCCc1ccc(O)cc1)N(C)CC1CCOC1. The number of benzene rings is 1. The van der Waals surface area contributed by atoms with Crippen LogP contribution in [-0.2, 0) is 11.2 Å². The molecule has 2 N–H and O–H groups in total. The van der Waals surface area contributed by atoms with Crippen LogP contribution in [0.2, 0.25) is 0 Å². The maximum absolute atomic E-state index is 9.29. The maximum atomic E-state index is 9.29. The molecule has 1 saturated heterocycles. The Labute approximate surface area is 139 Å². The van der Waals surface area contributed by atoms with Crippen molar-refractivity contribution in [3.8, 4) is 5.75 Å². The number of rotatable bonds is 7. The Morgan fingerprint density at radius 1 is 1.39 bits per heavy atom. The summed E-state index contributed by atoms with van der Waals surface area (Å²) in [5, 5.41) is 12.7. The van der Waals surface area contributed by atoms with E-state index >= 15 is 0 Å². The Balaban J connectivity index is 1.78. The molecule has 0 spiro atoms. The van der Waals surface area contributed by atoms with E-state index in [0.717, 1.165) is 58.1 Å². The highest BCUT2D eigenvalue weighted by Gasteiger charge is 2.18. The number of phenolic OH excluding ortho intramolecular Hbond substituents is 1. The second-order valence-electron chi connectivity index (χ2n) is 6.12. The number of hydrogen-bond acceptors (Lipinski definition) is 3. The van der Waals surface area contributed by atoms with Gasteiger partial charge >= 0.3 is 0 Å². The molecule has 1 unspecified atom stereocenters. The summed E-state index contributed by atoms with van der Waals surface area (Å²) in [6, 6.07) is 7.41. The predicted molar refractivity (Wildman–Crippen MR) is 94.0 cm³/mol. The van der Waals surface area contributed by atoms with Gasteiger partial charge in [-0.1, -0.05) is 12.1 Å². The number of nitrogens with one attached hydrogen (secondary N) is 1. The number of aliphatic imine (C=N–C) groups is 1. The molecule has 0 bridgehead atoms. The average Bonchev–Trinajstić information content (AvgIpc) is 3.05. The van der Waals surface area contributed by atoms with E-state index < -0.39 is 0 Å². The molecular weight excluding hydrogens is 290 g/mol. The van der Waals surface area contributed by atoms with Crippen LogP contribution in [0.15, 0.2) is 29.3 Å². The van der Waals surface area contributed by atoms with Gasteiger partial charge in [0.15, 0.2) is 5.96 Å². The van der Waals surface area contributed by atoms with Crippen LogP contribution >= 0.6 is 0 Å². The second kappa shape index (κ2) is 9.40. The summed E-state index contributed by atoms with van der Waals surface area (Å²) in [7, 11) is 2.10. The van der Waals surface area contributed by atoms with Gasteiger partial charge in [0, 0.05) is 39.2 Å². The summed E-state index contributed by atoms with van der Waals surface area (Å²) in [5.41, 5.74) is 1.24. The monoisotopic (exact) mass is 319 g/mol. The normalized spacial score (nSPS) is 18.2. The van der Waals surface area contributed by atoms with Crippen molar-refractivity contribution in [2.75, 3.05) is 39.9 Å². The quantitative estimate of drug-likeness (QED) is 0.460. The lowest BCUT2D eigenvalue weighted by molar-refractivity contribution is 0.181. The van der Waals surface area contributed by atoms with Crippen LogP contribution in [0.1, 0.15) is 25.3 Å². The first-order valence-electron chi connectivity index (χ1n) is 8.54. The van der Waals surface area contributed by atoms with Gasteiger partial charge in [-0.25, -0.2) is 0 Å². The highest BCUT2D eigenvalue weighted by molar-refractivity contribution is 5.79. The molecular formula is C18H29N3O2. The number of ether oxygens (including phenoxy) is 1. The smallest absolute Gasteiger partial charge is 0.193 e. The minimum Gasteiger partial charge on any atom is -0.508 e. The molecule has 128 valence electrons. The van der Waals surface area contributed by atoms with Crippen LogP contribution in [0.25, 0.3) is 0 Å². The molecule has 1 fully saturated rings. The van der Waals surface area contributed by atoms with Crippen LogP contribution in [0, 0.1) is 5.92 Å². The molecule has 23 heavy (non-hydrogen) atoms. The van der Waals surface area contributed by atoms with Crippen LogP contribution in [-0.4, -0.2) is 55.9 Å². The summed E-state index contributed by atoms with van der Waals surface area (Å²) >= 11 is 0. The van der Waals surface area contributed by atoms with Crippen molar-refractivity contribution in [3.05, 3.63) is 29.8 Å². The summed E-state index contributed by atoms with van der Waals surface area (Å²) in [6.45, 7) is 6.52. The van der Waals surface area contributed by atoms with E-state index in [1.165, 1.54) is 5.56 Å². The molecule has 1 aromatic carbocycles. The van der Waals surface area contributed by atoms with Crippen molar-refractivity contribution in [2.45, 2.75) is 26.2 Å². The Kier molecular flexibility index (Phi) is 7.20. The van der Waals surface area contributed by atoms with Gasteiger partial charge in [-0.05, 0) is 43.9 Å². The predicted octanol–water partition coefficient (Wildman–Crippen LogP) is 2.26. The molecule has 1 aliphatic heterocycles. The van der Waals surface area contributed by atoms with Gasteiger partial charge in [-0.3, -0.25) is 4.99 Å². The standard InChI is InChI=1S/C18H29N3O2/c1-3-19-18(21(2)13-16-10-12-23-14-16)20-11-4-5-15-6-8-17(22)9-7-15/h6-9,16,22H,3-5,10-14H2,1-2H3,(H,19,20). The Hall–Kier alpha value is -1.75. The third-order valence-corrected chi connectivity index (χ3v) is 4.07. The van der Waals surface area contributed by atoms with Crippen LogP contribution in [0.4, 0.5) is 0 Å². The second-order valence-corrected chi connectivity index (χ2v) is 6.12. The molecule has 0 saturated carbocycles. The van der Waals surface area contributed by atoms with Crippen molar-refractivity contribution in [1.29, 1.82) is 0 Å². The van der Waals surface area contributed by atoms with Crippen LogP contribution in [0.3, 0.4) is 0 Å². The molecule has 0 radical (unpaired) electrons. The number of hydrogen-bond donors (Lipinski definition) is 2.